The third kappa shape index (κ3) is 3.07. The Balaban J connectivity index is 2.03. The Morgan fingerprint density at radius 3 is 2.95 bits per heavy atom. The molecule has 2 atom stereocenters. The number of nitrogens with zero attached hydrogens (tertiary/aromatic N) is 1. The van der Waals surface area contributed by atoms with Crippen molar-refractivity contribution in [3.05, 3.63) is 35.4 Å². The molecule has 1 aliphatic heterocycles. The van der Waals surface area contributed by atoms with E-state index in [1.807, 2.05) is 0 Å². The topological polar surface area (TPSA) is 52.6 Å². The highest BCUT2D eigenvalue weighted by Crippen LogP contribution is 2.20. The molecule has 2 amide bonds. The largest absolute Gasteiger partial charge is 0.394 e. The monoisotopic (exact) mass is 284 g/mol. The summed E-state index contributed by atoms with van der Waals surface area (Å²) in [5, 5.41) is 11.9. The van der Waals surface area contributed by atoms with Gasteiger partial charge < -0.3 is 15.3 Å². The number of likely N-dealkylation sites (tertiary alicyclic amines) is 1. The van der Waals surface area contributed by atoms with Gasteiger partial charge in [-0.2, -0.15) is 0 Å². The molecule has 0 aliphatic carbocycles. The Kier molecular flexibility index (Phi) is 4.54. The summed E-state index contributed by atoms with van der Waals surface area (Å²) in [6.45, 7) is 2.14. The van der Waals surface area contributed by atoms with Crippen molar-refractivity contribution in [2.75, 3.05) is 13.2 Å². The molecule has 110 valence electrons. The first kappa shape index (κ1) is 14.7. The molecule has 1 aliphatic rings. The molecule has 1 aromatic carbocycles. The highest BCUT2D eigenvalue weighted by molar-refractivity contribution is 5.75. The molecule has 20 heavy (non-hydrogen) atoms. The molecule has 0 radical (unpaired) electrons. The van der Waals surface area contributed by atoms with Crippen molar-refractivity contribution in [3.8, 4) is 0 Å². The Bertz CT molecular complexity index is 496. The van der Waals surface area contributed by atoms with Gasteiger partial charge in [-0.25, -0.2) is 13.6 Å². The van der Waals surface area contributed by atoms with Crippen LogP contribution in [0.4, 0.5) is 13.6 Å². The molecule has 1 fully saturated rings. The lowest BCUT2D eigenvalue weighted by molar-refractivity contribution is 0.155. The lowest BCUT2D eigenvalue weighted by Crippen LogP contribution is -2.45. The van der Waals surface area contributed by atoms with Crippen LogP contribution in [-0.2, 0) is 0 Å². The summed E-state index contributed by atoms with van der Waals surface area (Å²) < 4.78 is 26.5. The zero-order chi connectivity index (χ0) is 14.7. The second kappa shape index (κ2) is 6.17. The maximum atomic E-state index is 13.6. The fraction of sp³-hybridized carbons (Fsp3) is 0.500. The quantitative estimate of drug-likeness (QED) is 0.894. The molecular weight excluding hydrogens is 266 g/mol. The van der Waals surface area contributed by atoms with Crippen LogP contribution in [0, 0.1) is 11.6 Å². The van der Waals surface area contributed by atoms with Crippen molar-refractivity contribution >= 4 is 6.03 Å². The standard InChI is InChI=1S/C14H18F2N2O2/c1-9(12-5-4-10(15)7-13(12)16)17-14(20)18-6-2-3-11(18)8-19/h4-5,7,9,11,19H,2-3,6,8H2,1H3,(H,17,20). The van der Waals surface area contributed by atoms with Crippen LogP contribution in [0.2, 0.25) is 0 Å². The first-order valence-electron chi connectivity index (χ1n) is 6.66. The number of hydrogen-bond donors (Lipinski definition) is 2. The summed E-state index contributed by atoms with van der Waals surface area (Å²) in [6, 6.07) is 2.20. The number of hydrogen-bond acceptors (Lipinski definition) is 2. The van der Waals surface area contributed by atoms with Crippen LogP contribution in [0.15, 0.2) is 18.2 Å². The molecule has 1 aromatic rings. The number of amides is 2. The van der Waals surface area contributed by atoms with Crippen LogP contribution in [0.5, 0.6) is 0 Å². The molecule has 2 rings (SSSR count). The number of nitrogens with one attached hydrogen (secondary N) is 1. The SMILES string of the molecule is CC(NC(=O)N1CCCC1CO)c1ccc(F)cc1F. The van der Waals surface area contributed by atoms with E-state index in [1.54, 1.807) is 11.8 Å². The van der Waals surface area contributed by atoms with Crippen LogP contribution in [0.25, 0.3) is 0 Å². The van der Waals surface area contributed by atoms with Gasteiger partial charge in [0.25, 0.3) is 0 Å². The van der Waals surface area contributed by atoms with E-state index in [-0.39, 0.29) is 24.2 Å². The van der Waals surface area contributed by atoms with E-state index in [1.165, 1.54) is 6.07 Å². The van der Waals surface area contributed by atoms with Crippen LogP contribution < -0.4 is 5.32 Å². The van der Waals surface area contributed by atoms with Crippen molar-refractivity contribution in [3.63, 3.8) is 0 Å². The van der Waals surface area contributed by atoms with E-state index in [0.717, 1.165) is 25.0 Å². The molecule has 2 unspecified atom stereocenters. The number of rotatable bonds is 3. The number of benzene rings is 1. The van der Waals surface area contributed by atoms with Gasteiger partial charge in [-0.15, -0.1) is 0 Å². The molecule has 0 bridgehead atoms. The van der Waals surface area contributed by atoms with Crippen LogP contribution in [0.3, 0.4) is 0 Å². The number of carbonyl (C=O) groups is 1. The average Bonchev–Trinajstić information content (AvgIpc) is 2.86. The zero-order valence-electron chi connectivity index (χ0n) is 11.3. The minimum absolute atomic E-state index is 0.0767. The molecule has 0 aromatic heterocycles. The Labute approximate surface area is 116 Å². The highest BCUT2D eigenvalue weighted by Gasteiger charge is 2.29. The van der Waals surface area contributed by atoms with E-state index < -0.39 is 17.7 Å². The van der Waals surface area contributed by atoms with E-state index in [0.29, 0.717) is 6.54 Å². The van der Waals surface area contributed by atoms with Gasteiger partial charge in [0.1, 0.15) is 11.6 Å². The maximum Gasteiger partial charge on any atom is 0.318 e. The van der Waals surface area contributed by atoms with Gasteiger partial charge in [0.2, 0.25) is 0 Å². The molecular formula is C14H18F2N2O2. The molecule has 1 heterocycles. The van der Waals surface area contributed by atoms with Crippen molar-refractivity contribution < 1.29 is 18.7 Å². The lowest BCUT2D eigenvalue weighted by Gasteiger charge is -2.25. The van der Waals surface area contributed by atoms with Gasteiger partial charge in [-0.05, 0) is 25.8 Å². The smallest absolute Gasteiger partial charge is 0.318 e. The number of aliphatic hydroxyl groups is 1. The van der Waals surface area contributed by atoms with Crippen molar-refractivity contribution in [2.24, 2.45) is 0 Å². The molecule has 0 saturated carbocycles. The summed E-state index contributed by atoms with van der Waals surface area (Å²) >= 11 is 0. The molecule has 1 saturated heterocycles. The maximum absolute atomic E-state index is 13.6. The zero-order valence-corrected chi connectivity index (χ0v) is 11.3. The molecule has 2 N–H and O–H groups in total. The van der Waals surface area contributed by atoms with Crippen molar-refractivity contribution in [1.82, 2.24) is 10.2 Å². The molecule has 4 nitrogen and oxygen atoms in total. The minimum Gasteiger partial charge on any atom is -0.394 e. The van der Waals surface area contributed by atoms with Gasteiger partial charge in [-0.1, -0.05) is 6.07 Å². The second-order valence-electron chi connectivity index (χ2n) is 5.01. The number of halogens is 2. The fourth-order valence-electron chi connectivity index (χ4n) is 2.49. The van der Waals surface area contributed by atoms with Crippen LogP contribution >= 0.6 is 0 Å². The van der Waals surface area contributed by atoms with Gasteiger partial charge in [0.05, 0.1) is 18.7 Å². The number of aliphatic hydroxyl groups excluding tert-OH is 1. The summed E-state index contributed by atoms with van der Waals surface area (Å²) in [6.07, 6.45) is 1.61. The summed E-state index contributed by atoms with van der Waals surface area (Å²) in [7, 11) is 0. The van der Waals surface area contributed by atoms with E-state index >= 15 is 0 Å². The van der Waals surface area contributed by atoms with Crippen LogP contribution in [-0.4, -0.2) is 35.2 Å². The minimum atomic E-state index is -0.682. The Morgan fingerprint density at radius 1 is 1.55 bits per heavy atom. The van der Waals surface area contributed by atoms with E-state index in [2.05, 4.69) is 5.32 Å². The normalized spacial score (nSPS) is 20.0. The van der Waals surface area contributed by atoms with Crippen LogP contribution in [0.1, 0.15) is 31.4 Å². The van der Waals surface area contributed by atoms with Gasteiger partial charge in [0, 0.05) is 18.2 Å². The van der Waals surface area contributed by atoms with E-state index in [9.17, 15) is 18.7 Å². The van der Waals surface area contributed by atoms with Gasteiger partial charge >= 0.3 is 6.03 Å². The predicted molar refractivity (Wildman–Crippen MR) is 70.1 cm³/mol. The Hall–Kier alpha value is -1.69. The lowest BCUT2D eigenvalue weighted by atomic mass is 10.1. The third-order valence-electron chi connectivity index (χ3n) is 3.62. The van der Waals surface area contributed by atoms with Crippen molar-refractivity contribution in [2.45, 2.75) is 31.8 Å². The predicted octanol–water partition coefficient (Wildman–Crippen LogP) is 2.19. The van der Waals surface area contributed by atoms with Gasteiger partial charge in [-0.3, -0.25) is 0 Å². The summed E-state index contributed by atoms with van der Waals surface area (Å²) in [4.78, 5) is 13.6. The highest BCUT2D eigenvalue weighted by atomic mass is 19.1. The second-order valence-corrected chi connectivity index (χ2v) is 5.01. The summed E-state index contributed by atoms with van der Waals surface area (Å²) in [5.41, 5.74) is 0.236. The fourth-order valence-corrected chi connectivity index (χ4v) is 2.49. The molecule has 0 spiro atoms. The van der Waals surface area contributed by atoms with E-state index in [4.69, 9.17) is 0 Å². The summed E-state index contributed by atoms with van der Waals surface area (Å²) in [5.74, 6) is -1.33. The number of urea groups is 1. The number of carbonyl (C=O) groups excluding carboxylic acids is 1. The van der Waals surface area contributed by atoms with Crippen molar-refractivity contribution in [1.29, 1.82) is 0 Å². The third-order valence-corrected chi connectivity index (χ3v) is 3.62. The first-order chi connectivity index (χ1) is 9.52. The Morgan fingerprint density at radius 2 is 2.30 bits per heavy atom. The average molecular weight is 284 g/mol. The van der Waals surface area contributed by atoms with Gasteiger partial charge in [0.15, 0.2) is 0 Å². The molecule has 6 heteroatoms. The first-order valence-corrected chi connectivity index (χ1v) is 6.66.